The molecule has 0 atom stereocenters. The summed E-state index contributed by atoms with van der Waals surface area (Å²) in [7, 11) is 0. The molecule has 3 nitrogen and oxygen atoms in total. The fraction of sp³-hybridized carbons (Fsp3) is 0. The minimum absolute atomic E-state index is 0.286. The average Bonchev–Trinajstić information content (AvgIpc) is 2.93. The molecule has 0 amide bonds. The van der Waals surface area contributed by atoms with E-state index in [1.807, 2.05) is 36.4 Å². The summed E-state index contributed by atoms with van der Waals surface area (Å²) < 4.78 is 0. The fourth-order valence-electron chi connectivity index (χ4n) is 4.12. The number of rotatable bonds is 6. The lowest BCUT2D eigenvalue weighted by Crippen LogP contribution is -1.94. The minimum atomic E-state index is -0.920. The van der Waals surface area contributed by atoms with Gasteiger partial charge in [-0.05, 0) is 56.6 Å². The highest BCUT2D eigenvalue weighted by molar-refractivity contribution is 5.88. The Hall–Kier alpha value is -4.76. The van der Waals surface area contributed by atoms with Crippen LogP contribution in [0.1, 0.15) is 20.7 Å². The van der Waals surface area contributed by atoms with Crippen LogP contribution in [0.3, 0.4) is 0 Å². The SMILES string of the molecule is O=Cc1ccc(-c2ccc(-c3ccc(-c4ccc(-c5ccc(C(=O)O)cc5)cc4)cc3)cc2)cc1. The first-order valence-electron chi connectivity index (χ1n) is 11.3. The van der Waals surface area contributed by atoms with Gasteiger partial charge in [0.2, 0.25) is 0 Å². The van der Waals surface area contributed by atoms with Crippen molar-refractivity contribution in [2.75, 3.05) is 0 Å². The number of carbonyl (C=O) groups excluding carboxylic acids is 1. The number of aromatic carboxylic acids is 1. The molecular weight excluding hydrogens is 432 g/mol. The molecule has 3 heteroatoms. The third-order valence-electron chi connectivity index (χ3n) is 6.17. The van der Waals surface area contributed by atoms with Gasteiger partial charge in [0.15, 0.2) is 0 Å². The maximum absolute atomic E-state index is 11.0. The van der Waals surface area contributed by atoms with Crippen LogP contribution in [0, 0.1) is 0 Å². The van der Waals surface area contributed by atoms with Crippen molar-refractivity contribution in [1.82, 2.24) is 0 Å². The molecule has 0 aromatic heterocycles. The number of carboxylic acids is 1. The summed E-state index contributed by atoms with van der Waals surface area (Å²) in [4.78, 5) is 21.9. The smallest absolute Gasteiger partial charge is 0.335 e. The van der Waals surface area contributed by atoms with Gasteiger partial charge in [-0.15, -0.1) is 0 Å². The Kier molecular flexibility index (Phi) is 6.06. The molecule has 0 spiro atoms. The summed E-state index contributed by atoms with van der Waals surface area (Å²) >= 11 is 0. The van der Waals surface area contributed by atoms with Crippen molar-refractivity contribution in [2.45, 2.75) is 0 Å². The summed E-state index contributed by atoms with van der Waals surface area (Å²) in [6.07, 6.45) is 0.854. The minimum Gasteiger partial charge on any atom is -0.478 e. The van der Waals surface area contributed by atoms with Gasteiger partial charge in [0.25, 0.3) is 0 Å². The van der Waals surface area contributed by atoms with E-state index in [9.17, 15) is 9.59 Å². The van der Waals surface area contributed by atoms with E-state index >= 15 is 0 Å². The molecule has 0 saturated heterocycles. The van der Waals surface area contributed by atoms with Crippen molar-refractivity contribution in [3.8, 4) is 44.5 Å². The zero-order valence-corrected chi connectivity index (χ0v) is 18.9. The molecule has 0 heterocycles. The molecule has 168 valence electrons. The summed E-state index contributed by atoms with van der Waals surface area (Å²) in [6.45, 7) is 0. The molecule has 0 bridgehead atoms. The average molecular weight is 455 g/mol. The van der Waals surface area contributed by atoms with E-state index in [0.29, 0.717) is 5.56 Å². The van der Waals surface area contributed by atoms with Crippen molar-refractivity contribution in [1.29, 1.82) is 0 Å². The quantitative estimate of drug-likeness (QED) is 0.266. The predicted octanol–water partition coefficient (Wildman–Crippen LogP) is 7.87. The Labute approximate surface area is 204 Å². The Morgan fingerprint density at radius 2 is 0.657 bits per heavy atom. The lowest BCUT2D eigenvalue weighted by Gasteiger charge is -2.08. The first-order valence-corrected chi connectivity index (χ1v) is 11.3. The third kappa shape index (κ3) is 4.80. The van der Waals surface area contributed by atoms with Gasteiger partial charge in [-0.2, -0.15) is 0 Å². The second kappa shape index (κ2) is 9.62. The van der Waals surface area contributed by atoms with Crippen LogP contribution in [-0.4, -0.2) is 17.4 Å². The zero-order valence-electron chi connectivity index (χ0n) is 18.9. The molecule has 0 fully saturated rings. The highest BCUT2D eigenvalue weighted by Gasteiger charge is 2.05. The maximum atomic E-state index is 11.0. The number of hydrogen-bond donors (Lipinski definition) is 1. The topological polar surface area (TPSA) is 54.4 Å². The largest absolute Gasteiger partial charge is 0.478 e. The van der Waals surface area contributed by atoms with Crippen LogP contribution in [0.2, 0.25) is 0 Å². The lowest BCUT2D eigenvalue weighted by molar-refractivity contribution is 0.0696. The van der Waals surface area contributed by atoms with E-state index in [1.165, 1.54) is 0 Å². The maximum Gasteiger partial charge on any atom is 0.335 e. The first kappa shape index (κ1) is 22.1. The molecule has 0 saturated carbocycles. The molecule has 0 radical (unpaired) electrons. The van der Waals surface area contributed by atoms with E-state index in [-0.39, 0.29) is 5.56 Å². The van der Waals surface area contributed by atoms with Crippen LogP contribution in [0.5, 0.6) is 0 Å². The molecule has 0 unspecified atom stereocenters. The molecular formula is C32H22O3. The number of benzene rings is 5. The lowest BCUT2D eigenvalue weighted by atomic mass is 9.96. The van der Waals surface area contributed by atoms with Gasteiger partial charge in [0.1, 0.15) is 6.29 Å². The number of aldehydes is 1. The highest BCUT2D eigenvalue weighted by Crippen LogP contribution is 2.29. The van der Waals surface area contributed by atoms with Crippen LogP contribution in [0.4, 0.5) is 0 Å². The van der Waals surface area contributed by atoms with E-state index < -0.39 is 5.97 Å². The second-order valence-electron chi connectivity index (χ2n) is 8.35. The molecule has 5 aromatic rings. The van der Waals surface area contributed by atoms with Crippen LogP contribution >= 0.6 is 0 Å². The Morgan fingerprint density at radius 3 is 0.886 bits per heavy atom. The van der Waals surface area contributed by atoms with Crippen LogP contribution in [-0.2, 0) is 0 Å². The number of carbonyl (C=O) groups is 2. The molecule has 0 aliphatic rings. The van der Waals surface area contributed by atoms with Crippen molar-refractivity contribution < 1.29 is 14.7 Å². The summed E-state index contributed by atoms with van der Waals surface area (Å²) in [5, 5.41) is 9.07. The Bertz CT molecular complexity index is 1460. The van der Waals surface area contributed by atoms with E-state index in [2.05, 4.69) is 72.8 Å². The van der Waals surface area contributed by atoms with E-state index in [4.69, 9.17) is 5.11 Å². The van der Waals surface area contributed by atoms with Gasteiger partial charge in [0, 0.05) is 5.56 Å². The van der Waals surface area contributed by atoms with Crippen LogP contribution in [0.15, 0.2) is 121 Å². The fourth-order valence-corrected chi connectivity index (χ4v) is 4.12. The molecule has 5 aromatic carbocycles. The van der Waals surface area contributed by atoms with E-state index in [1.54, 1.807) is 12.1 Å². The highest BCUT2D eigenvalue weighted by atomic mass is 16.4. The van der Waals surface area contributed by atoms with Gasteiger partial charge in [0.05, 0.1) is 5.56 Å². The molecule has 0 aliphatic carbocycles. The molecule has 0 aliphatic heterocycles. The normalized spacial score (nSPS) is 10.6. The van der Waals surface area contributed by atoms with Crippen LogP contribution < -0.4 is 0 Å². The summed E-state index contributed by atoms with van der Waals surface area (Å²) in [5.74, 6) is -0.920. The first-order chi connectivity index (χ1) is 17.1. The molecule has 35 heavy (non-hydrogen) atoms. The summed E-state index contributed by atoms with van der Waals surface area (Å²) in [6, 6.07) is 39.7. The Balaban J connectivity index is 1.31. The van der Waals surface area contributed by atoms with Crippen molar-refractivity contribution in [2.24, 2.45) is 0 Å². The Morgan fingerprint density at radius 1 is 0.429 bits per heavy atom. The second-order valence-corrected chi connectivity index (χ2v) is 8.35. The van der Waals surface area contributed by atoms with Crippen LogP contribution in [0.25, 0.3) is 44.5 Å². The van der Waals surface area contributed by atoms with E-state index in [0.717, 1.165) is 50.8 Å². The molecule has 1 N–H and O–H groups in total. The monoisotopic (exact) mass is 454 g/mol. The van der Waals surface area contributed by atoms with Crippen molar-refractivity contribution in [3.05, 3.63) is 132 Å². The number of hydrogen-bond acceptors (Lipinski definition) is 2. The van der Waals surface area contributed by atoms with Crippen molar-refractivity contribution >= 4 is 12.3 Å². The standard InChI is InChI=1S/C32H22O3/c33-21-22-1-3-23(4-2-22)24-5-7-25(8-6-24)26-9-11-27(12-10-26)28-13-15-29(16-14-28)30-17-19-31(20-18-30)32(34)35/h1-21H,(H,34,35). The third-order valence-corrected chi connectivity index (χ3v) is 6.17. The van der Waals surface area contributed by atoms with Crippen molar-refractivity contribution in [3.63, 3.8) is 0 Å². The van der Waals surface area contributed by atoms with Gasteiger partial charge in [-0.1, -0.05) is 109 Å². The van der Waals surface area contributed by atoms with Gasteiger partial charge in [-0.3, -0.25) is 4.79 Å². The van der Waals surface area contributed by atoms with Gasteiger partial charge in [-0.25, -0.2) is 4.79 Å². The van der Waals surface area contributed by atoms with Gasteiger partial charge < -0.3 is 5.11 Å². The zero-order chi connectivity index (χ0) is 24.2. The summed E-state index contributed by atoms with van der Waals surface area (Å²) in [5.41, 5.74) is 9.73. The number of carboxylic acid groups (broad SMARTS) is 1. The molecule has 5 rings (SSSR count). The predicted molar refractivity (Wildman–Crippen MR) is 141 cm³/mol. The van der Waals surface area contributed by atoms with Gasteiger partial charge >= 0.3 is 5.97 Å².